The second-order valence-electron chi connectivity index (χ2n) is 6.37. The molecule has 0 spiro atoms. The van der Waals surface area contributed by atoms with E-state index >= 15 is 0 Å². The molecule has 0 aliphatic carbocycles. The van der Waals surface area contributed by atoms with Gasteiger partial charge in [0.1, 0.15) is 5.75 Å². The molecule has 0 unspecified atom stereocenters. The van der Waals surface area contributed by atoms with Crippen LogP contribution < -0.4 is 4.74 Å². The molecular formula is C23H18N2O5. The second kappa shape index (κ2) is 9.29. The van der Waals surface area contributed by atoms with Crippen LogP contribution in [-0.2, 0) is 0 Å². The predicted octanol–water partition coefficient (Wildman–Crippen LogP) is 5.85. The monoisotopic (exact) mass is 402 g/mol. The molecule has 30 heavy (non-hydrogen) atoms. The van der Waals surface area contributed by atoms with Crippen molar-refractivity contribution in [2.45, 2.75) is 0 Å². The summed E-state index contributed by atoms with van der Waals surface area (Å²) in [5, 5.41) is 21.5. The van der Waals surface area contributed by atoms with Crippen molar-refractivity contribution >= 4 is 35.7 Å². The third kappa shape index (κ3) is 5.17. The quantitative estimate of drug-likeness (QED) is 0.280. The zero-order valence-corrected chi connectivity index (χ0v) is 16.1. The third-order valence-electron chi connectivity index (χ3n) is 4.39. The molecule has 0 aliphatic heterocycles. The highest BCUT2D eigenvalue weighted by Gasteiger charge is 2.04. The van der Waals surface area contributed by atoms with Crippen LogP contribution in [0.4, 0.5) is 11.4 Å². The fourth-order valence-corrected chi connectivity index (χ4v) is 2.76. The number of hydrogen-bond acceptors (Lipinski definition) is 5. The number of nitro groups is 2. The van der Waals surface area contributed by atoms with Gasteiger partial charge in [0.25, 0.3) is 11.4 Å². The number of rotatable bonds is 7. The number of nitrogens with zero attached hydrogens (tertiary/aromatic N) is 2. The van der Waals surface area contributed by atoms with Gasteiger partial charge in [-0.3, -0.25) is 20.2 Å². The molecule has 0 fully saturated rings. The molecule has 7 heteroatoms. The molecule has 3 aromatic rings. The Bertz CT molecular complexity index is 1120. The number of methoxy groups -OCH3 is 1. The topological polar surface area (TPSA) is 95.5 Å². The molecule has 0 saturated carbocycles. The highest BCUT2D eigenvalue weighted by molar-refractivity contribution is 5.76. The summed E-state index contributed by atoms with van der Waals surface area (Å²) < 4.78 is 5.47. The Kier molecular flexibility index (Phi) is 6.34. The fraction of sp³-hybridized carbons (Fsp3) is 0.0435. The minimum absolute atomic E-state index is 0.0499. The van der Waals surface area contributed by atoms with Gasteiger partial charge in [-0.15, -0.1) is 0 Å². The zero-order chi connectivity index (χ0) is 21.5. The number of hydrogen-bond donors (Lipinski definition) is 0. The van der Waals surface area contributed by atoms with E-state index in [1.807, 2.05) is 42.5 Å². The molecule has 0 aromatic heterocycles. The largest absolute Gasteiger partial charge is 0.496 e. The lowest BCUT2D eigenvalue weighted by molar-refractivity contribution is -0.385. The van der Waals surface area contributed by atoms with E-state index in [2.05, 4.69) is 0 Å². The van der Waals surface area contributed by atoms with E-state index in [1.54, 1.807) is 31.4 Å². The zero-order valence-electron chi connectivity index (χ0n) is 16.1. The summed E-state index contributed by atoms with van der Waals surface area (Å²) in [6.07, 6.45) is 7.50. The maximum Gasteiger partial charge on any atom is 0.269 e. The lowest BCUT2D eigenvalue weighted by Gasteiger charge is -2.06. The number of non-ortho nitro benzene ring substituents is 2. The molecule has 3 aromatic carbocycles. The maximum atomic E-state index is 10.7. The third-order valence-corrected chi connectivity index (χ3v) is 4.39. The van der Waals surface area contributed by atoms with Crippen LogP contribution in [0.15, 0.2) is 66.7 Å². The van der Waals surface area contributed by atoms with Crippen LogP contribution in [0, 0.1) is 20.2 Å². The lowest BCUT2D eigenvalue weighted by Crippen LogP contribution is -1.88. The van der Waals surface area contributed by atoms with Gasteiger partial charge in [-0.2, -0.15) is 0 Å². The van der Waals surface area contributed by atoms with Crippen LogP contribution >= 0.6 is 0 Å². The van der Waals surface area contributed by atoms with Crippen molar-refractivity contribution in [3.8, 4) is 5.75 Å². The van der Waals surface area contributed by atoms with Crippen molar-refractivity contribution < 1.29 is 14.6 Å². The Hall–Kier alpha value is -4.26. The number of nitro benzene ring substituents is 2. The van der Waals surface area contributed by atoms with Gasteiger partial charge in [-0.25, -0.2) is 0 Å². The standard InChI is InChI=1S/C23H18N2O5/c1-30-23-16-19(3-2-17-6-12-21(13-7-17)24(26)27)5-11-20(23)10-4-18-8-14-22(15-9-18)25(28)29/h2-16H,1H3/b3-2+,10-4+. The number of ether oxygens (including phenoxy) is 1. The van der Waals surface area contributed by atoms with Crippen molar-refractivity contribution in [3.05, 3.63) is 109 Å². The first-order chi connectivity index (χ1) is 14.5. The van der Waals surface area contributed by atoms with Crippen LogP contribution in [0.5, 0.6) is 5.75 Å². The van der Waals surface area contributed by atoms with Crippen LogP contribution in [0.2, 0.25) is 0 Å². The highest BCUT2D eigenvalue weighted by atomic mass is 16.6. The van der Waals surface area contributed by atoms with E-state index in [-0.39, 0.29) is 11.4 Å². The molecule has 0 saturated heterocycles. The molecule has 0 aliphatic rings. The molecule has 0 atom stereocenters. The van der Waals surface area contributed by atoms with Gasteiger partial charge in [0.05, 0.1) is 17.0 Å². The summed E-state index contributed by atoms with van der Waals surface area (Å²) >= 11 is 0. The molecular weight excluding hydrogens is 384 g/mol. The Morgan fingerprint density at radius 2 is 1.10 bits per heavy atom. The van der Waals surface area contributed by atoms with Crippen molar-refractivity contribution in [3.63, 3.8) is 0 Å². The molecule has 0 N–H and O–H groups in total. The van der Waals surface area contributed by atoms with Crippen molar-refractivity contribution in [1.29, 1.82) is 0 Å². The van der Waals surface area contributed by atoms with E-state index in [9.17, 15) is 20.2 Å². The molecule has 0 bridgehead atoms. The van der Waals surface area contributed by atoms with Crippen molar-refractivity contribution in [2.75, 3.05) is 7.11 Å². The van der Waals surface area contributed by atoms with E-state index in [1.165, 1.54) is 24.3 Å². The molecule has 0 amide bonds. The summed E-state index contributed by atoms with van der Waals surface area (Å²) in [4.78, 5) is 20.6. The Labute approximate surface area is 172 Å². The van der Waals surface area contributed by atoms with Gasteiger partial charge in [0, 0.05) is 29.8 Å². The van der Waals surface area contributed by atoms with E-state index in [4.69, 9.17) is 4.74 Å². The van der Waals surface area contributed by atoms with Crippen LogP contribution in [0.25, 0.3) is 24.3 Å². The first-order valence-electron chi connectivity index (χ1n) is 8.99. The maximum absolute atomic E-state index is 10.7. The Balaban J connectivity index is 1.75. The van der Waals surface area contributed by atoms with Gasteiger partial charge in [-0.05, 0) is 47.0 Å². The van der Waals surface area contributed by atoms with Gasteiger partial charge < -0.3 is 4.74 Å². The Morgan fingerprint density at radius 3 is 1.57 bits per heavy atom. The van der Waals surface area contributed by atoms with Gasteiger partial charge in [-0.1, -0.05) is 36.4 Å². The van der Waals surface area contributed by atoms with Crippen molar-refractivity contribution in [1.82, 2.24) is 0 Å². The van der Waals surface area contributed by atoms with E-state index < -0.39 is 9.85 Å². The summed E-state index contributed by atoms with van der Waals surface area (Å²) in [7, 11) is 1.59. The van der Waals surface area contributed by atoms with Crippen LogP contribution in [0.1, 0.15) is 22.3 Å². The lowest BCUT2D eigenvalue weighted by atomic mass is 10.1. The SMILES string of the molecule is COc1cc(/C=C/c2ccc([N+](=O)[O-])cc2)ccc1/C=C/c1ccc([N+](=O)[O-])cc1. The van der Waals surface area contributed by atoms with Gasteiger partial charge in [0.15, 0.2) is 0 Å². The van der Waals surface area contributed by atoms with Crippen LogP contribution in [0.3, 0.4) is 0 Å². The molecule has 150 valence electrons. The summed E-state index contributed by atoms with van der Waals surface area (Å²) in [5.41, 5.74) is 3.57. The minimum atomic E-state index is -0.431. The van der Waals surface area contributed by atoms with Crippen LogP contribution in [-0.4, -0.2) is 17.0 Å². The average Bonchev–Trinajstić information content (AvgIpc) is 2.77. The molecule has 0 heterocycles. The van der Waals surface area contributed by atoms with Crippen molar-refractivity contribution in [2.24, 2.45) is 0 Å². The molecule has 3 rings (SSSR count). The highest BCUT2D eigenvalue weighted by Crippen LogP contribution is 2.24. The second-order valence-corrected chi connectivity index (χ2v) is 6.37. The average molecular weight is 402 g/mol. The number of benzene rings is 3. The summed E-state index contributed by atoms with van der Waals surface area (Å²) in [6, 6.07) is 18.3. The Morgan fingerprint density at radius 1 is 0.667 bits per heavy atom. The van der Waals surface area contributed by atoms with E-state index in [0.29, 0.717) is 5.75 Å². The minimum Gasteiger partial charge on any atom is -0.496 e. The molecule has 7 nitrogen and oxygen atoms in total. The predicted molar refractivity (Wildman–Crippen MR) is 117 cm³/mol. The first-order valence-corrected chi connectivity index (χ1v) is 8.99. The smallest absolute Gasteiger partial charge is 0.269 e. The fourth-order valence-electron chi connectivity index (χ4n) is 2.76. The van der Waals surface area contributed by atoms with Gasteiger partial charge in [0.2, 0.25) is 0 Å². The van der Waals surface area contributed by atoms with Gasteiger partial charge >= 0.3 is 0 Å². The molecule has 0 radical (unpaired) electrons. The van der Waals surface area contributed by atoms with E-state index in [0.717, 1.165) is 22.3 Å². The first kappa shape index (κ1) is 20.5. The summed E-state index contributed by atoms with van der Waals surface area (Å²) in [6.45, 7) is 0. The normalized spacial score (nSPS) is 11.1. The summed E-state index contributed by atoms with van der Waals surface area (Å²) in [5.74, 6) is 0.680.